The van der Waals surface area contributed by atoms with Crippen molar-refractivity contribution in [3.8, 4) is 0 Å². The number of halogens is 1. The molecule has 4 heteroatoms. The lowest BCUT2D eigenvalue weighted by Crippen LogP contribution is -2.26. The van der Waals surface area contributed by atoms with Crippen LogP contribution in [0.2, 0.25) is 0 Å². The highest BCUT2D eigenvalue weighted by Crippen LogP contribution is 2.19. The fourth-order valence-corrected chi connectivity index (χ4v) is 1.64. The zero-order valence-electron chi connectivity index (χ0n) is 11.2. The molecule has 0 saturated heterocycles. The van der Waals surface area contributed by atoms with E-state index in [0.717, 1.165) is 6.42 Å². The van der Waals surface area contributed by atoms with Crippen LogP contribution in [0, 0.1) is 11.7 Å². The lowest BCUT2D eigenvalue weighted by molar-refractivity contribution is 0.0952. The minimum absolute atomic E-state index is 0.230. The highest BCUT2D eigenvalue weighted by atomic mass is 19.1. The number of rotatable bonds is 6. The smallest absolute Gasteiger partial charge is 0.253 e. The maximum atomic E-state index is 13.6. The summed E-state index contributed by atoms with van der Waals surface area (Å²) in [6.07, 6.45) is 0.914. The van der Waals surface area contributed by atoms with Gasteiger partial charge >= 0.3 is 0 Å². The predicted octanol–water partition coefficient (Wildman–Crippen LogP) is 3.03. The van der Waals surface area contributed by atoms with Crippen molar-refractivity contribution in [2.45, 2.75) is 27.2 Å². The van der Waals surface area contributed by atoms with E-state index in [9.17, 15) is 9.18 Å². The van der Waals surface area contributed by atoms with Crippen LogP contribution in [-0.4, -0.2) is 19.0 Å². The molecule has 1 aromatic carbocycles. The quantitative estimate of drug-likeness (QED) is 0.817. The second-order valence-corrected chi connectivity index (χ2v) is 4.63. The van der Waals surface area contributed by atoms with Crippen molar-refractivity contribution in [3.05, 3.63) is 29.6 Å². The predicted molar refractivity (Wildman–Crippen MR) is 72.4 cm³/mol. The Hall–Kier alpha value is -1.58. The first-order valence-corrected chi connectivity index (χ1v) is 6.36. The maximum absolute atomic E-state index is 13.6. The molecule has 1 rings (SSSR count). The Kier molecular flexibility index (Phi) is 5.62. The van der Waals surface area contributed by atoms with Gasteiger partial charge in [0.1, 0.15) is 5.82 Å². The molecule has 18 heavy (non-hydrogen) atoms. The fourth-order valence-electron chi connectivity index (χ4n) is 1.64. The zero-order chi connectivity index (χ0) is 13.5. The molecule has 0 fully saturated rings. The summed E-state index contributed by atoms with van der Waals surface area (Å²) in [5.41, 5.74) is 0.641. The summed E-state index contributed by atoms with van der Waals surface area (Å²) in [5, 5.41) is 5.70. The molecule has 0 aliphatic carbocycles. The molecule has 3 nitrogen and oxygen atoms in total. The summed E-state index contributed by atoms with van der Waals surface area (Å²) < 4.78 is 13.6. The molecule has 1 aromatic rings. The van der Waals surface area contributed by atoms with E-state index in [2.05, 4.69) is 24.5 Å². The van der Waals surface area contributed by atoms with Crippen LogP contribution >= 0.6 is 0 Å². The van der Waals surface area contributed by atoms with Crippen LogP contribution < -0.4 is 10.6 Å². The minimum atomic E-state index is -0.395. The molecule has 2 N–H and O–H groups in total. The normalized spacial score (nSPS) is 10.5. The molecular formula is C14H21FN2O. The largest absolute Gasteiger partial charge is 0.382 e. The third-order valence-corrected chi connectivity index (χ3v) is 2.62. The van der Waals surface area contributed by atoms with Gasteiger partial charge in [0.15, 0.2) is 0 Å². The van der Waals surface area contributed by atoms with Crippen molar-refractivity contribution in [2.75, 3.05) is 18.4 Å². The Morgan fingerprint density at radius 2 is 2.11 bits per heavy atom. The van der Waals surface area contributed by atoms with Crippen molar-refractivity contribution in [1.29, 1.82) is 0 Å². The average molecular weight is 252 g/mol. The first-order chi connectivity index (χ1) is 8.56. The summed E-state index contributed by atoms with van der Waals surface area (Å²) in [5.74, 6) is -0.0921. The van der Waals surface area contributed by atoms with Gasteiger partial charge in [-0.1, -0.05) is 19.9 Å². The summed E-state index contributed by atoms with van der Waals surface area (Å²) >= 11 is 0. The summed E-state index contributed by atoms with van der Waals surface area (Å²) in [4.78, 5) is 12.0. The minimum Gasteiger partial charge on any atom is -0.382 e. The van der Waals surface area contributed by atoms with E-state index >= 15 is 0 Å². The van der Waals surface area contributed by atoms with Gasteiger partial charge < -0.3 is 10.6 Å². The first kappa shape index (κ1) is 14.5. The number of amides is 1. The molecule has 1 amide bonds. The number of para-hydroxylation sites is 1. The van der Waals surface area contributed by atoms with Gasteiger partial charge in [0.05, 0.1) is 11.3 Å². The SMILES string of the molecule is CCNc1c(F)cccc1C(=O)NCCC(C)C. The van der Waals surface area contributed by atoms with E-state index in [0.29, 0.717) is 24.6 Å². The van der Waals surface area contributed by atoms with Crippen molar-refractivity contribution >= 4 is 11.6 Å². The van der Waals surface area contributed by atoms with Crippen LogP contribution in [0.5, 0.6) is 0 Å². The molecule has 0 unspecified atom stereocenters. The van der Waals surface area contributed by atoms with E-state index in [1.807, 2.05) is 6.92 Å². The van der Waals surface area contributed by atoms with Crippen molar-refractivity contribution < 1.29 is 9.18 Å². The number of carbonyl (C=O) groups is 1. The van der Waals surface area contributed by atoms with Crippen LogP contribution in [-0.2, 0) is 0 Å². The average Bonchev–Trinajstić information content (AvgIpc) is 2.31. The number of nitrogens with one attached hydrogen (secondary N) is 2. The summed E-state index contributed by atoms with van der Waals surface area (Å²) in [6.45, 7) is 7.25. The Labute approximate surface area is 108 Å². The standard InChI is InChI=1S/C14H21FN2O/c1-4-16-13-11(6-5-7-12(13)15)14(18)17-9-8-10(2)3/h5-7,10,16H,4,8-9H2,1-3H3,(H,17,18). The Morgan fingerprint density at radius 1 is 1.39 bits per heavy atom. The van der Waals surface area contributed by atoms with Gasteiger partial charge in [0.25, 0.3) is 5.91 Å². The lowest BCUT2D eigenvalue weighted by atomic mass is 10.1. The fraction of sp³-hybridized carbons (Fsp3) is 0.500. The van der Waals surface area contributed by atoms with Gasteiger partial charge in [-0.25, -0.2) is 4.39 Å². The Bertz CT molecular complexity index is 405. The van der Waals surface area contributed by atoms with Crippen LogP contribution in [0.15, 0.2) is 18.2 Å². The summed E-state index contributed by atoms with van der Waals surface area (Å²) in [7, 11) is 0. The molecule has 100 valence electrons. The van der Waals surface area contributed by atoms with Gasteiger partial charge in [-0.2, -0.15) is 0 Å². The molecule has 0 aliphatic heterocycles. The van der Waals surface area contributed by atoms with Gasteiger partial charge in [0.2, 0.25) is 0 Å². The van der Waals surface area contributed by atoms with Crippen molar-refractivity contribution in [3.63, 3.8) is 0 Å². The van der Waals surface area contributed by atoms with Crippen molar-refractivity contribution in [2.24, 2.45) is 5.92 Å². The molecule has 0 bridgehead atoms. The third-order valence-electron chi connectivity index (χ3n) is 2.62. The van der Waals surface area contributed by atoms with Gasteiger partial charge in [-0.15, -0.1) is 0 Å². The van der Waals surface area contributed by atoms with Gasteiger partial charge in [-0.05, 0) is 31.4 Å². The third kappa shape index (κ3) is 4.02. The summed E-state index contributed by atoms with van der Waals surface area (Å²) in [6, 6.07) is 4.53. The van der Waals surface area contributed by atoms with Gasteiger partial charge in [0, 0.05) is 13.1 Å². The van der Waals surface area contributed by atoms with E-state index in [1.165, 1.54) is 6.07 Å². The molecule has 0 aliphatic rings. The second-order valence-electron chi connectivity index (χ2n) is 4.63. The number of hydrogen-bond acceptors (Lipinski definition) is 2. The Balaban J connectivity index is 2.75. The number of benzene rings is 1. The monoisotopic (exact) mass is 252 g/mol. The van der Waals surface area contributed by atoms with Crippen LogP contribution in [0.25, 0.3) is 0 Å². The van der Waals surface area contributed by atoms with E-state index in [4.69, 9.17) is 0 Å². The molecule has 0 heterocycles. The van der Waals surface area contributed by atoms with Crippen LogP contribution in [0.1, 0.15) is 37.6 Å². The highest BCUT2D eigenvalue weighted by Gasteiger charge is 2.14. The lowest BCUT2D eigenvalue weighted by Gasteiger charge is -2.12. The first-order valence-electron chi connectivity index (χ1n) is 6.36. The van der Waals surface area contributed by atoms with Gasteiger partial charge in [-0.3, -0.25) is 4.79 Å². The molecular weight excluding hydrogens is 231 g/mol. The molecule has 0 radical (unpaired) electrons. The zero-order valence-corrected chi connectivity index (χ0v) is 11.2. The molecule has 0 aromatic heterocycles. The van der Waals surface area contributed by atoms with E-state index in [1.54, 1.807) is 12.1 Å². The topological polar surface area (TPSA) is 41.1 Å². The highest BCUT2D eigenvalue weighted by molar-refractivity contribution is 5.99. The van der Waals surface area contributed by atoms with Crippen LogP contribution in [0.3, 0.4) is 0 Å². The molecule has 0 saturated carbocycles. The number of anilines is 1. The maximum Gasteiger partial charge on any atom is 0.253 e. The second kappa shape index (κ2) is 6.99. The van der Waals surface area contributed by atoms with E-state index < -0.39 is 5.82 Å². The van der Waals surface area contributed by atoms with Crippen LogP contribution in [0.4, 0.5) is 10.1 Å². The Morgan fingerprint density at radius 3 is 2.72 bits per heavy atom. The van der Waals surface area contributed by atoms with E-state index in [-0.39, 0.29) is 11.6 Å². The molecule has 0 spiro atoms. The number of carbonyl (C=O) groups excluding carboxylic acids is 1. The van der Waals surface area contributed by atoms with Crippen molar-refractivity contribution in [1.82, 2.24) is 5.32 Å². The number of hydrogen-bond donors (Lipinski definition) is 2. The molecule has 0 atom stereocenters.